The molecule has 0 aliphatic carbocycles. The molecule has 3 aromatic rings. The van der Waals surface area contributed by atoms with Crippen LogP contribution in [0.3, 0.4) is 0 Å². The van der Waals surface area contributed by atoms with E-state index in [4.69, 9.17) is 0 Å². The summed E-state index contributed by atoms with van der Waals surface area (Å²) in [4.78, 5) is 14.7. The lowest BCUT2D eigenvalue weighted by molar-refractivity contribution is 0.0939. The molecule has 3 rings (SSSR count). The summed E-state index contributed by atoms with van der Waals surface area (Å²) >= 11 is 0. The molecule has 0 unspecified atom stereocenters. The number of likely N-dealkylation sites (N-methyl/N-ethyl adjacent to an activating group) is 1. The molecule has 0 aliphatic heterocycles. The maximum absolute atomic E-state index is 12.6. The Bertz CT molecular complexity index is 891. The van der Waals surface area contributed by atoms with Crippen molar-refractivity contribution in [1.82, 2.24) is 10.2 Å². The Morgan fingerprint density at radius 1 is 1.00 bits per heavy atom. The Morgan fingerprint density at radius 3 is 2.42 bits per heavy atom. The Morgan fingerprint density at radius 2 is 1.69 bits per heavy atom. The van der Waals surface area contributed by atoms with E-state index in [1.165, 1.54) is 5.56 Å². The third kappa shape index (κ3) is 4.03. The molecule has 0 fully saturated rings. The molecule has 26 heavy (non-hydrogen) atoms. The van der Waals surface area contributed by atoms with Crippen molar-refractivity contribution in [3.05, 3.63) is 77.9 Å². The number of fused-ring (bicyclic) bond motifs is 1. The van der Waals surface area contributed by atoms with Crippen molar-refractivity contribution in [3.8, 4) is 5.75 Å². The first-order valence-corrected chi connectivity index (χ1v) is 8.75. The molecule has 134 valence electrons. The summed E-state index contributed by atoms with van der Waals surface area (Å²) in [7, 11) is 4.01. The molecule has 0 saturated heterocycles. The van der Waals surface area contributed by atoms with Gasteiger partial charge >= 0.3 is 0 Å². The standard InChI is InChI=1S/C22H24N2O2/c1-24(2)18(14-16-8-4-3-5-9-16)15-23-22(26)20-13-12-17-10-6-7-11-19(17)21(20)25/h3-13,18,25H,14-15H2,1-2H3,(H,23,26)/t18-/m1/s1. The summed E-state index contributed by atoms with van der Waals surface area (Å²) in [6.45, 7) is 0.507. The lowest BCUT2D eigenvalue weighted by Gasteiger charge is -2.25. The van der Waals surface area contributed by atoms with Gasteiger partial charge in [0.2, 0.25) is 0 Å². The zero-order chi connectivity index (χ0) is 18.5. The van der Waals surface area contributed by atoms with E-state index in [0.29, 0.717) is 17.5 Å². The monoisotopic (exact) mass is 348 g/mol. The molecular weight excluding hydrogens is 324 g/mol. The average Bonchev–Trinajstić information content (AvgIpc) is 2.66. The van der Waals surface area contributed by atoms with Crippen LogP contribution in [0.2, 0.25) is 0 Å². The van der Waals surface area contributed by atoms with Crippen molar-refractivity contribution >= 4 is 16.7 Å². The number of nitrogens with one attached hydrogen (secondary N) is 1. The smallest absolute Gasteiger partial charge is 0.255 e. The van der Waals surface area contributed by atoms with Crippen LogP contribution >= 0.6 is 0 Å². The molecule has 0 aromatic heterocycles. The Balaban J connectivity index is 1.71. The molecule has 2 N–H and O–H groups in total. The lowest BCUT2D eigenvalue weighted by Crippen LogP contribution is -2.41. The van der Waals surface area contributed by atoms with Crippen molar-refractivity contribution in [2.24, 2.45) is 0 Å². The topological polar surface area (TPSA) is 52.6 Å². The maximum Gasteiger partial charge on any atom is 0.255 e. The second-order valence-corrected chi connectivity index (χ2v) is 6.70. The second-order valence-electron chi connectivity index (χ2n) is 6.70. The van der Waals surface area contributed by atoms with Gasteiger partial charge in [-0.05, 0) is 37.5 Å². The minimum Gasteiger partial charge on any atom is -0.506 e. The molecule has 3 aromatic carbocycles. The highest BCUT2D eigenvalue weighted by Crippen LogP contribution is 2.28. The van der Waals surface area contributed by atoms with Crippen molar-refractivity contribution in [1.29, 1.82) is 0 Å². The normalized spacial score (nSPS) is 12.3. The molecule has 0 saturated carbocycles. The van der Waals surface area contributed by atoms with E-state index < -0.39 is 0 Å². The first-order valence-electron chi connectivity index (χ1n) is 8.75. The van der Waals surface area contributed by atoms with Crippen LogP contribution < -0.4 is 5.32 Å². The van der Waals surface area contributed by atoms with Gasteiger partial charge in [-0.3, -0.25) is 4.79 Å². The van der Waals surface area contributed by atoms with Gasteiger partial charge in [0.05, 0.1) is 5.56 Å². The molecule has 1 amide bonds. The molecule has 0 aliphatic rings. The number of phenolic OH excluding ortho intramolecular Hbond substituents is 1. The number of carbonyl (C=O) groups excluding carboxylic acids is 1. The fraction of sp³-hybridized carbons (Fsp3) is 0.227. The SMILES string of the molecule is CN(C)[C@@H](CNC(=O)c1ccc2ccccc2c1O)Cc1ccccc1. The number of aromatic hydroxyl groups is 1. The van der Waals surface area contributed by atoms with Crippen LogP contribution in [-0.2, 0) is 6.42 Å². The third-order valence-electron chi connectivity index (χ3n) is 4.69. The molecule has 0 bridgehead atoms. The Hall–Kier alpha value is -2.85. The number of hydrogen-bond acceptors (Lipinski definition) is 3. The van der Waals surface area contributed by atoms with Gasteiger partial charge in [0.15, 0.2) is 0 Å². The van der Waals surface area contributed by atoms with Crippen LogP contribution in [0.15, 0.2) is 66.7 Å². The number of rotatable bonds is 6. The van der Waals surface area contributed by atoms with Crippen LogP contribution in [0.5, 0.6) is 5.75 Å². The number of phenols is 1. The molecule has 4 nitrogen and oxygen atoms in total. The van der Waals surface area contributed by atoms with Crippen molar-refractivity contribution in [2.45, 2.75) is 12.5 Å². The van der Waals surface area contributed by atoms with Crippen LogP contribution in [0, 0.1) is 0 Å². The Labute approximate surface area is 154 Å². The van der Waals surface area contributed by atoms with Crippen LogP contribution in [0.4, 0.5) is 0 Å². The number of amides is 1. The van der Waals surface area contributed by atoms with Crippen LogP contribution in [-0.4, -0.2) is 42.6 Å². The van der Waals surface area contributed by atoms with Gasteiger partial charge in [-0.2, -0.15) is 0 Å². The largest absolute Gasteiger partial charge is 0.506 e. The maximum atomic E-state index is 12.6. The number of carbonyl (C=O) groups is 1. The van der Waals surface area contributed by atoms with Gasteiger partial charge in [-0.25, -0.2) is 0 Å². The van der Waals surface area contributed by atoms with Gasteiger partial charge in [0.1, 0.15) is 5.75 Å². The summed E-state index contributed by atoms with van der Waals surface area (Å²) in [5.41, 5.74) is 1.54. The van der Waals surface area contributed by atoms with Gasteiger partial charge in [0.25, 0.3) is 5.91 Å². The van der Waals surface area contributed by atoms with Gasteiger partial charge in [-0.1, -0.05) is 60.7 Å². The number of benzene rings is 3. The minimum atomic E-state index is -0.256. The second kappa shape index (κ2) is 8.02. The summed E-state index contributed by atoms with van der Waals surface area (Å²) in [6.07, 6.45) is 0.845. The van der Waals surface area contributed by atoms with E-state index in [1.807, 2.05) is 62.6 Å². The zero-order valence-electron chi connectivity index (χ0n) is 15.1. The Kier molecular flexibility index (Phi) is 5.54. The lowest BCUT2D eigenvalue weighted by atomic mass is 10.0. The number of nitrogens with zero attached hydrogens (tertiary/aromatic N) is 1. The summed E-state index contributed by atoms with van der Waals surface area (Å²) in [5, 5.41) is 15.0. The molecule has 4 heteroatoms. The highest BCUT2D eigenvalue weighted by molar-refractivity contribution is 6.03. The number of hydrogen-bond donors (Lipinski definition) is 2. The highest BCUT2D eigenvalue weighted by Gasteiger charge is 2.17. The van der Waals surface area contributed by atoms with E-state index >= 15 is 0 Å². The van der Waals surface area contributed by atoms with E-state index in [9.17, 15) is 9.90 Å². The van der Waals surface area contributed by atoms with Gasteiger partial charge in [0, 0.05) is 18.0 Å². The fourth-order valence-electron chi connectivity index (χ4n) is 3.07. The molecule has 1 atom stereocenters. The van der Waals surface area contributed by atoms with Crippen molar-refractivity contribution in [3.63, 3.8) is 0 Å². The summed E-state index contributed by atoms with van der Waals surface area (Å²) < 4.78 is 0. The van der Waals surface area contributed by atoms with Crippen LogP contribution in [0.1, 0.15) is 15.9 Å². The van der Waals surface area contributed by atoms with Gasteiger partial charge in [-0.15, -0.1) is 0 Å². The zero-order valence-corrected chi connectivity index (χ0v) is 15.1. The first-order chi connectivity index (χ1) is 12.6. The van der Waals surface area contributed by atoms with Gasteiger partial charge < -0.3 is 15.3 Å². The molecular formula is C22H24N2O2. The molecule has 0 spiro atoms. The predicted molar refractivity (Wildman–Crippen MR) is 106 cm³/mol. The van der Waals surface area contributed by atoms with Crippen molar-refractivity contribution in [2.75, 3.05) is 20.6 Å². The van der Waals surface area contributed by atoms with E-state index in [0.717, 1.165) is 11.8 Å². The predicted octanol–water partition coefficient (Wildman–Crippen LogP) is 3.45. The van der Waals surface area contributed by atoms with Crippen LogP contribution in [0.25, 0.3) is 10.8 Å². The third-order valence-corrected chi connectivity index (χ3v) is 4.69. The molecule has 0 heterocycles. The van der Waals surface area contributed by atoms with E-state index in [1.54, 1.807) is 6.07 Å². The summed E-state index contributed by atoms with van der Waals surface area (Å²) in [6, 6.07) is 21.4. The fourth-order valence-corrected chi connectivity index (χ4v) is 3.07. The average molecular weight is 348 g/mol. The summed E-state index contributed by atoms with van der Waals surface area (Å²) in [5.74, 6) is -0.224. The minimum absolute atomic E-state index is 0.0325. The first kappa shape index (κ1) is 18.0. The van der Waals surface area contributed by atoms with E-state index in [-0.39, 0.29) is 17.7 Å². The quantitative estimate of drug-likeness (QED) is 0.717. The van der Waals surface area contributed by atoms with Crippen molar-refractivity contribution < 1.29 is 9.90 Å². The van der Waals surface area contributed by atoms with E-state index in [2.05, 4.69) is 22.3 Å². The molecule has 0 radical (unpaired) electrons. The highest BCUT2D eigenvalue weighted by atomic mass is 16.3.